The van der Waals surface area contributed by atoms with Crippen molar-refractivity contribution in [2.75, 3.05) is 24.5 Å². The van der Waals surface area contributed by atoms with E-state index in [1.807, 2.05) is 11.8 Å². The largest absolute Gasteiger partial charge is 0.416 e. The van der Waals surface area contributed by atoms with Gasteiger partial charge < -0.3 is 16.0 Å². The highest BCUT2D eigenvalue weighted by Crippen LogP contribution is 2.33. The van der Waals surface area contributed by atoms with E-state index in [1.165, 1.54) is 6.07 Å². The van der Waals surface area contributed by atoms with Gasteiger partial charge in [0.05, 0.1) is 11.1 Å². The van der Waals surface area contributed by atoms with Gasteiger partial charge in [0.15, 0.2) is 0 Å². The van der Waals surface area contributed by atoms with Gasteiger partial charge in [-0.05, 0) is 25.1 Å². The van der Waals surface area contributed by atoms with E-state index in [2.05, 4.69) is 5.32 Å². The molecule has 1 amide bonds. The molecule has 110 valence electrons. The van der Waals surface area contributed by atoms with Crippen LogP contribution in [0.5, 0.6) is 0 Å². The predicted octanol–water partition coefficient (Wildman–Crippen LogP) is 1.60. The van der Waals surface area contributed by atoms with Gasteiger partial charge in [0.2, 0.25) is 0 Å². The van der Waals surface area contributed by atoms with Crippen LogP contribution in [0.2, 0.25) is 0 Å². The van der Waals surface area contributed by atoms with Crippen LogP contribution >= 0.6 is 0 Å². The molecule has 1 aromatic rings. The summed E-state index contributed by atoms with van der Waals surface area (Å²) >= 11 is 0. The van der Waals surface area contributed by atoms with Gasteiger partial charge in [0, 0.05) is 31.4 Å². The molecule has 2 rings (SSSR count). The number of amides is 1. The number of hydrogen-bond acceptors (Lipinski definition) is 3. The number of nitrogens with two attached hydrogens (primary N) is 1. The number of nitrogens with one attached hydrogen (secondary N) is 1. The first kappa shape index (κ1) is 14.6. The van der Waals surface area contributed by atoms with Crippen LogP contribution in [-0.2, 0) is 6.18 Å². The number of carbonyl (C=O) groups excluding carboxylic acids is 1. The maximum atomic E-state index is 12.7. The Morgan fingerprint density at radius 1 is 1.45 bits per heavy atom. The van der Waals surface area contributed by atoms with Crippen molar-refractivity contribution in [2.45, 2.75) is 19.1 Å². The monoisotopic (exact) mass is 287 g/mol. The molecule has 20 heavy (non-hydrogen) atoms. The van der Waals surface area contributed by atoms with Crippen LogP contribution < -0.4 is 16.0 Å². The highest BCUT2D eigenvalue weighted by molar-refractivity contribution is 5.99. The maximum absolute atomic E-state index is 12.7. The molecular weight excluding hydrogens is 271 g/mol. The quantitative estimate of drug-likeness (QED) is 0.868. The van der Waals surface area contributed by atoms with Gasteiger partial charge in [-0.2, -0.15) is 13.2 Å². The summed E-state index contributed by atoms with van der Waals surface area (Å²) in [6.45, 7) is 3.92. The molecule has 1 saturated heterocycles. The number of rotatable bonds is 2. The molecule has 0 saturated carbocycles. The molecule has 1 aromatic carbocycles. The number of piperazine rings is 1. The lowest BCUT2D eigenvalue weighted by Crippen LogP contribution is -2.49. The van der Waals surface area contributed by atoms with E-state index in [-0.39, 0.29) is 11.6 Å². The second-order valence-corrected chi connectivity index (χ2v) is 4.90. The van der Waals surface area contributed by atoms with Crippen LogP contribution in [0.1, 0.15) is 22.8 Å². The van der Waals surface area contributed by atoms with Gasteiger partial charge in [-0.25, -0.2) is 0 Å². The second kappa shape index (κ2) is 5.32. The van der Waals surface area contributed by atoms with E-state index in [0.717, 1.165) is 12.1 Å². The SMILES string of the molecule is CC1CN(c2ccc(C(F)(F)F)cc2C(N)=O)CCN1. The van der Waals surface area contributed by atoms with Gasteiger partial charge in [-0.15, -0.1) is 0 Å². The average molecular weight is 287 g/mol. The summed E-state index contributed by atoms with van der Waals surface area (Å²) in [4.78, 5) is 13.3. The van der Waals surface area contributed by atoms with Gasteiger partial charge in [-0.3, -0.25) is 4.79 Å². The zero-order chi connectivity index (χ0) is 14.9. The first-order chi connectivity index (χ1) is 9.29. The minimum atomic E-state index is -4.49. The fourth-order valence-corrected chi connectivity index (χ4v) is 2.34. The maximum Gasteiger partial charge on any atom is 0.416 e. The van der Waals surface area contributed by atoms with E-state index in [4.69, 9.17) is 5.73 Å². The van der Waals surface area contributed by atoms with E-state index in [0.29, 0.717) is 25.3 Å². The molecule has 0 radical (unpaired) electrons. The number of carbonyl (C=O) groups is 1. The van der Waals surface area contributed by atoms with E-state index >= 15 is 0 Å². The molecule has 1 unspecified atom stereocenters. The molecule has 3 N–H and O–H groups in total. The topological polar surface area (TPSA) is 58.4 Å². The van der Waals surface area contributed by atoms with Crippen LogP contribution in [0.15, 0.2) is 18.2 Å². The summed E-state index contributed by atoms with van der Waals surface area (Å²) in [6.07, 6.45) is -4.49. The molecule has 1 atom stereocenters. The molecule has 0 aromatic heterocycles. The van der Waals surface area contributed by atoms with Crippen molar-refractivity contribution in [1.82, 2.24) is 5.32 Å². The average Bonchev–Trinajstić information content (AvgIpc) is 2.37. The fraction of sp³-hybridized carbons (Fsp3) is 0.462. The number of halogens is 3. The van der Waals surface area contributed by atoms with Gasteiger partial charge >= 0.3 is 6.18 Å². The first-order valence-corrected chi connectivity index (χ1v) is 6.28. The smallest absolute Gasteiger partial charge is 0.368 e. The molecule has 0 aliphatic carbocycles. The Balaban J connectivity index is 2.40. The van der Waals surface area contributed by atoms with Crippen LogP contribution in [0.3, 0.4) is 0 Å². The second-order valence-electron chi connectivity index (χ2n) is 4.90. The third kappa shape index (κ3) is 3.04. The van der Waals surface area contributed by atoms with E-state index in [9.17, 15) is 18.0 Å². The Morgan fingerprint density at radius 3 is 2.70 bits per heavy atom. The highest BCUT2D eigenvalue weighted by atomic mass is 19.4. The fourth-order valence-electron chi connectivity index (χ4n) is 2.34. The molecule has 4 nitrogen and oxygen atoms in total. The molecular formula is C13H16F3N3O. The minimum absolute atomic E-state index is 0.0890. The molecule has 1 fully saturated rings. The van der Waals surface area contributed by atoms with Crippen molar-refractivity contribution in [3.05, 3.63) is 29.3 Å². The Kier molecular flexibility index (Phi) is 3.89. The summed E-state index contributed by atoms with van der Waals surface area (Å²) < 4.78 is 38.1. The number of primary amides is 1. The van der Waals surface area contributed by atoms with Gasteiger partial charge in [0.25, 0.3) is 5.91 Å². The zero-order valence-corrected chi connectivity index (χ0v) is 11.0. The van der Waals surface area contributed by atoms with Crippen molar-refractivity contribution in [1.29, 1.82) is 0 Å². The number of anilines is 1. The Hall–Kier alpha value is -1.76. The lowest BCUT2D eigenvalue weighted by atomic mass is 10.1. The van der Waals surface area contributed by atoms with E-state index in [1.54, 1.807) is 0 Å². The van der Waals surface area contributed by atoms with Gasteiger partial charge in [0.1, 0.15) is 0 Å². The first-order valence-electron chi connectivity index (χ1n) is 6.28. The summed E-state index contributed by atoms with van der Waals surface area (Å²) in [5, 5.41) is 3.23. The summed E-state index contributed by atoms with van der Waals surface area (Å²) in [5.41, 5.74) is 4.73. The van der Waals surface area contributed by atoms with Crippen LogP contribution in [0.25, 0.3) is 0 Å². The van der Waals surface area contributed by atoms with E-state index < -0.39 is 17.6 Å². The molecule has 1 aliphatic heterocycles. The lowest BCUT2D eigenvalue weighted by molar-refractivity contribution is -0.137. The standard InChI is InChI=1S/C13H16F3N3O/c1-8-7-19(5-4-18-8)11-3-2-9(13(14,15)16)6-10(11)12(17)20/h2-3,6,8,18H,4-5,7H2,1H3,(H2,17,20). The Bertz CT molecular complexity index is 516. The van der Waals surface area contributed by atoms with Crippen LogP contribution in [-0.4, -0.2) is 31.6 Å². The van der Waals surface area contributed by atoms with Crippen molar-refractivity contribution < 1.29 is 18.0 Å². The van der Waals surface area contributed by atoms with Crippen molar-refractivity contribution in [3.8, 4) is 0 Å². The van der Waals surface area contributed by atoms with Crippen molar-refractivity contribution >= 4 is 11.6 Å². The Labute approximate surface area is 114 Å². The van der Waals surface area contributed by atoms with Crippen molar-refractivity contribution in [3.63, 3.8) is 0 Å². The van der Waals surface area contributed by atoms with Crippen LogP contribution in [0, 0.1) is 0 Å². The third-order valence-corrected chi connectivity index (χ3v) is 3.30. The lowest BCUT2D eigenvalue weighted by Gasteiger charge is -2.34. The summed E-state index contributed by atoms with van der Waals surface area (Å²) in [5.74, 6) is -0.850. The zero-order valence-electron chi connectivity index (χ0n) is 11.0. The summed E-state index contributed by atoms with van der Waals surface area (Å²) in [6, 6.07) is 3.33. The highest BCUT2D eigenvalue weighted by Gasteiger charge is 2.32. The summed E-state index contributed by atoms with van der Waals surface area (Å²) in [7, 11) is 0. The molecule has 1 heterocycles. The molecule has 0 bridgehead atoms. The number of hydrogen-bond donors (Lipinski definition) is 2. The number of nitrogens with zero attached hydrogens (tertiary/aromatic N) is 1. The molecule has 0 spiro atoms. The van der Waals surface area contributed by atoms with Crippen molar-refractivity contribution in [2.24, 2.45) is 5.73 Å². The molecule has 1 aliphatic rings. The normalized spacial score (nSPS) is 20.0. The third-order valence-electron chi connectivity index (χ3n) is 3.30. The minimum Gasteiger partial charge on any atom is -0.368 e. The molecule has 7 heteroatoms. The number of benzene rings is 1. The van der Waals surface area contributed by atoms with Crippen LogP contribution in [0.4, 0.5) is 18.9 Å². The Morgan fingerprint density at radius 2 is 2.15 bits per heavy atom. The van der Waals surface area contributed by atoms with Gasteiger partial charge in [-0.1, -0.05) is 0 Å². The predicted molar refractivity (Wildman–Crippen MR) is 69.6 cm³/mol. The number of alkyl halides is 3.